The minimum absolute atomic E-state index is 0.00510. The molecule has 0 heterocycles. The zero-order valence-electron chi connectivity index (χ0n) is 8.62. The number of phenolic OH excluding ortho intramolecular Hbond substituents is 2. The predicted molar refractivity (Wildman–Crippen MR) is 55.5 cm³/mol. The molecule has 76 valence electrons. The van der Waals surface area contributed by atoms with Gasteiger partial charge in [0.25, 0.3) is 0 Å². The predicted octanol–water partition coefficient (Wildman–Crippen LogP) is 2.47. The van der Waals surface area contributed by atoms with Crippen molar-refractivity contribution in [1.82, 2.24) is 0 Å². The lowest BCUT2D eigenvalue weighted by Crippen LogP contribution is -2.20. The summed E-state index contributed by atoms with van der Waals surface area (Å²) in [6.45, 7) is 4.47. The highest BCUT2D eigenvalue weighted by Gasteiger charge is 2.22. The van der Waals surface area contributed by atoms with Crippen LogP contribution >= 0.6 is 0 Å². The average molecular weight is 192 g/mol. The first-order valence-electron chi connectivity index (χ1n) is 5.11. The fourth-order valence-electron chi connectivity index (χ4n) is 2.14. The second kappa shape index (κ2) is 3.19. The van der Waals surface area contributed by atoms with Crippen molar-refractivity contribution >= 4 is 0 Å². The average Bonchev–Trinajstić information content (AvgIpc) is 2.11. The Balaban J connectivity index is 2.42. The maximum absolute atomic E-state index is 9.38. The van der Waals surface area contributed by atoms with Crippen LogP contribution in [0, 0.1) is 11.8 Å². The Kier molecular flexibility index (Phi) is 2.14. The molecule has 0 aliphatic heterocycles. The molecule has 0 saturated carbocycles. The third-order valence-electron chi connectivity index (χ3n) is 3.35. The van der Waals surface area contributed by atoms with E-state index in [0.717, 1.165) is 12.8 Å². The van der Waals surface area contributed by atoms with Crippen molar-refractivity contribution in [3.63, 3.8) is 0 Å². The fraction of sp³-hybridized carbons (Fsp3) is 0.500. The lowest BCUT2D eigenvalue weighted by atomic mass is 9.78. The van der Waals surface area contributed by atoms with Crippen LogP contribution in [0.5, 0.6) is 11.5 Å². The van der Waals surface area contributed by atoms with Gasteiger partial charge in [-0.2, -0.15) is 0 Å². The summed E-state index contributed by atoms with van der Waals surface area (Å²) in [5.74, 6) is 1.33. The van der Waals surface area contributed by atoms with Crippen LogP contribution < -0.4 is 0 Å². The number of phenols is 2. The topological polar surface area (TPSA) is 40.5 Å². The summed E-state index contributed by atoms with van der Waals surface area (Å²) in [5.41, 5.74) is 2.37. The Morgan fingerprint density at radius 1 is 0.929 bits per heavy atom. The van der Waals surface area contributed by atoms with Gasteiger partial charge in [0.1, 0.15) is 0 Å². The van der Waals surface area contributed by atoms with Gasteiger partial charge in [-0.25, -0.2) is 0 Å². The van der Waals surface area contributed by atoms with Gasteiger partial charge in [-0.3, -0.25) is 0 Å². The van der Waals surface area contributed by atoms with Gasteiger partial charge in [-0.15, -0.1) is 0 Å². The van der Waals surface area contributed by atoms with Gasteiger partial charge in [0.2, 0.25) is 0 Å². The smallest absolute Gasteiger partial charge is 0.157 e. The Labute approximate surface area is 84.2 Å². The van der Waals surface area contributed by atoms with Crippen LogP contribution in [0.1, 0.15) is 25.0 Å². The van der Waals surface area contributed by atoms with Crippen LogP contribution in [0.2, 0.25) is 0 Å². The molecule has 2 atom stereocenters. The van der Waals surface area contributed by atoms with E-state index in [4.69, 9.17) is 0 Å². The van der Waals surface area contributed by atoms with Crippen molar-refractivity contribution in [3.8, 4) is 11.5 Å². The van der Waals surface area contributed by atoms with E-state index in [0.29, 0.717) is 11.8 Å². The molecule has 2 unspecified atom stereocenters. The lowest BCUT2D eigenvalue weighted by molar-refractivity contribution is 0.354. The SMILES string of the molecule is CC1Cc2cc(O)c(O)cc2CC1C. The molecule has 2 N–H and O–H groups in total. The van der Waals surface area contributed by atoms with E-state index in [1.807, 2.05) is 0 Å². The molecular weight excluding hydrogens is 176 g/mol. The molecule has 1 aliphatic carbocycles. The second-order valence-electron chi connectivity index (χ2n) is 4.47. The highest BCUT2D eigenvalue weighted by Crippen LogP contribution is 2.36. The quantitative estimate of drug-likeness (QED) is 0.620. The molecule has 0 fully saturated rings. The minimum Gasteiger partial charge on any atom is -0.504 e. The third-order valence-corrected chi connectivity index (χ3v) is 3.35. The zero-order valence-corrected chi connectivity index (χ0v) is 8.62. The third kappa shape index (κ3) is 1.45. The molecule has 0 saturated heterocycles. The number of hydrogen-bond donors (Lipinski definition) is 2. The van der Waals surface area contributed by atoms with Crippen molar-refractivity contribution in [3.05, 3.63) is 23.3 Å². The Bertz CT molecular complexity index is 323. The number of fused-ring (bicyclic) bond motifs is 1. The van der Waals surface area contributed by atoms with E-state index in [2.05, 4.69) is 13.8 Å². The standard InChI is InChI=1S/C12H16O2/c1-7-3-9-5-11(13)12(14)6-10(9)4-8(7)2/h5-8,13-14H,3-4H2,1-2H3. The molecular formula is C12H16O2. The molecule has 0 bridgehead atoms. The van der Waals surface area contributed by atoms with Gasteiger partial charge in [-0.05, 0) is 47.9 Å². The first-order chi connectivity index (χ1) is 6.58. The molecule has 1 aliphatic rings. The lowest BCUT2D eigenvalue weighted by Gasteiger charge is -2.28. The molecule has 1 aromatic carbocycles. The highest BCUT2D eigenvalue weighted by molar-refractivity contribution is 5.46. The van der Waals surface area contributed by atoms with E-state index in [-0.39, 0.29) is 11.5 Å². The van der Waals surface area contributed by atoms with Crippen molar-refractivity contribution in [1.29, 1.82) is 0 Å². The Hall–Kier alpha value is -1.18. The van der Waals surface area contributed by atoms with Crippen molar-refractivity contribution < 1.29 is 10.2 Å². The molecule has 0 amide bonds. The summed E-state index contributed by atoms with van der Waals surface area (Å²) in [7, 11) is 0. The summed E-state index contributed by atoms with van der Waals surface area (Å²) >= 11 is 0. The number of rotatable bonds is 0. The molecule has 2 heteroatoms. The molecule has 14 heavy (non-hydrogen) atoms. The van der Waals surface area contributed by atoms with Crippen LogP contribution in [0.15, 0.2) is 12.1 Å². The van der Waals surface area contributed by atoms with E-state index < -0.39 is 0 Å². The molecule has 1 aromatic rings. The normalized spacial score (nSPS) is 25.9. The number of benzene rings is 1. The second-order valence-corrected chi connectivity index (χ2v) is 4.47. The molecule has 0 radical (unpaired) electrons. The van der Waals surface area contributed by atoms with Gasteiger partial charge in [-0.1, -0.05) is 13.8 Å². The number of hydrogen-bond acceptors (Lipinski definition) is 2. The minimum atomic E-state index is 0.00510. The summed E-state index contributed by atoms with van der Waals surface area (Å²) in [4.78, 5) is 0. The van der Waals surface area contributed by atoms with E-state index in [9.17, 15) is 10.2 Å². The fourth-order valence-corrected chi connectivity index (χ4v) is 2.14. The van der Waals surface area contributed by atoms with Crippen molar-refractivity contribution in [2.24, 2.45) is 11.8 Å². The molecule has 0 aromatic heterocycles. The summed E-state index contributed by atoms with van der Waals surface area (Å²) < 4.78 is 0. The van der Waals surface area contributed by atoms with E-state index in [1.54, 1.807) is 12.1 Å². The number of aromatic hydroxyl groups is 2. The van der Waals surface area contributed by atoms with Crippen LogP contribution in [0.3, 0.4) is 0 Å². The van der Waals surface area contributed by atoms with Gasteiger partial charge in [0.15, 0.2) is 11.5 Å². The molecule has 2 nitrogen and oxygen atoms in total. The monoisotopic (exact) mass is 192 g/mol. The first-order valence-corrected chi connectivity index (χ1v) is 5.11. The Morgan fingerprint density at radius 3 is 1.64 bits per heavy atom. The van der Waals surface area contributed by atoms with E-state index in [1.165, 1.54) is 11.1 Å². The molecule has 2 rings (SSSR count). The summed E-state index contributed by atoms with van der Waals surface area (Å²) in [6.07, 6.45) is 2.01. The summed E-state index contributed by atoms with van der Waals surface area (Å²) in [5, 5.41) is 18.8. The summed E-state index contributed by atoms with van der Waals surface area (Å²) in [6, 6.07) is 3.40. The van der Waals surface area contributed by atoms with Crippen LogP contribution in [-0.4, -0.2) is 10.2 Å². The Morgan fingerprint density at radius 2 is 1.29 bits per heavy atom. The van der Waals surface area contributed by atoms with Gasteiger partial charge in [0, 0.05) is 0 Å². The van der Waals surface area contributed by atoms with E-state index >= 15 is 0 Å². The van der Waals surface area contributed by atoms with Crippen LogP contribution in [-0.2, 0) is 12.8 Å². The molecule has 0 spiro atoms. The highest BCUT2D eigenvalue weighted by atomic mass is 16.3. The van der Waals surface area contributed by atoms with Crippen LogP contribution in [0.4, 0.5) is 0 Å². The largest absolute Gasteiger partial charge is 0.504 e. The zero-order chi connectivity index (χ0) is 10.3. The van der Waals surface area contributed by atoms with Crippen LogP contribution in [0.25, 0.3) is 0 Å². The van der Waals surface area contributed by atoms with Crippen molar-refractivity contribution in [2.75, 3.05) is 0 Å². The van der Waals surface area contributed by atoms with Gasteiger partial charge >= 0.3 is 0 Å². The van der Waals surface area contributed by atoms with Gasteiger partial charge in [0.05, 0.1) is 0 Å². The maximum Gasteiger partial charge on any atom is 0.157 e. The van der Waals surface area contributed by atoms with Gasteiger partial charge < -0.3 is 10.2 Å². The maximum atomic E-state index is 9.38. The first kappa shape index (κ1) is 9.38. The van der Waals surface area contributed by atoms with Crippen molar-refractivity contribution in [2.45, 2.75) is 26.7 Å².